The third kappa shape index (κ3) is 4.17. The van der Waals surface area contributed by atoms with Gasteiger partial charge in [0.25, 0.3) is 0 Å². The van der Waals surface area contributed by atoms with Crippen LogP contribution in [0.4, 0.5) is 26.4 Å². The van der Waals surface area contributed by atoms with Crippen LogP contribution >= 0.6 is 0 Å². The van der Waals surface area contributed by atoms with Gasteiger partial charge in [0.2, 0.25) is 11.9 Å². The number of rotatable bonds is 5. The van der Waals surface area contributed by atoms with Gasteiger partial charge in [-0.05, 0) is 44.2 Å². The van der Waals surface area contributed by atoms with E-state index in [-0.39, 0.29) is 23.9 Å². The number of nitrogens with zero attached hydrogens (tertiary/aromatic N) is 4. The Hall–Kier alpha value is -2.85. The van der Waals surface area contributed by atoms with Gasteiger partial charge in [-0.1, -0.05) is 0 Å². The van der Waals surface area contributed by atoms with Gasteiger partial charge in [0.15, 0.2) is 5.65 Å². The highest BCUT2D eigenvalue weighted by molar-refractivity contribution is 5.76. The smallest absolute Gasteiger partial charge is 0.224 e. The molecule has 164 valence electrons. The zero-order chi connectivity index (χ0) is 21.4. The molecule has 0 bridgehead atoms. The number of hydrogen-bond acceptors (Lipinski definition) is 7. The molecule has 2 aliphatic rings. The number of aliphatic hydroxyl groups is 1. The maximum Gasteiger partial charge on any atom is 0.224 e. The van der Waals surface area contributed by atoms with Crippen molar-refractivity contribution in [2.24, 2.45) is 0 Å². The second-order valence-corrected chi connectivity index (χ2v) is 8.12. The van der Waals surface area contributed by atoms with E-state index in [0.29, 0.717) is 36.3 Å². The number of halogens is 2. The molecule has 2 fully saturated rings. The fourth-order valence-electron chi connectivity index (χ4n) is 4.23. The molecule has 10 heteroatoms. The van der Waals surface area contributed by atoms with Crippen molar-refractivity contribution >= 4 is 28.7 Å². The maximum absolute atomic E-state index is 14.2. The molecule has 2 aromatic heterocycles. The number of aromatic nitrogens is 4. The summed E-state index contributed by atoms with van der Waals surface area (Å²) in [6.07, 6.45) is 5.42. The highest BCUT2D eigenvalue weighted by Gasteiger charge is 2.26. The maximum atomic E-state index is 14.2. The van der Waals surface area contributed by atoms with Crippen molar-refractivity contribution in [3.05, 3.63) is 36.0 Å². The van der Waals surface area contributed by atoms with Gasteiger partial charge in [-0.15, -0.1) is 0 Å². The Balaban J connectivity index is 1.49. The number of ether oxygens (including phenoxy) is 1. The number of benzene rings is 1. The topological polar surface area (TPSA) is 97.1 Å². The first-order chi connectivity index (χ1) is 15.1. The highest BCUT2D eigenvalue weighted by Crippen LogP contribution is 2.31. The van der Waals surface area contributed by atoms with Crippen LogP contribution in [-0.2, 0) is 4.74 Å². The van der Waals surface area contributed by atoms with Crippen molar-refractivity contribution in [1.82, 2.24) is 19.5 Å². The standard InChI is InChI=1S/C21H24F2N6O2/c22-12-1-6-17(16(23)9-12)26-21-27-18-10-24-20(25-13-2-4-15(30)5-3-13)28-19(18)29(21)14-7-8-31-11-14/h1,6,9-10,13-15,30H,2-5,7-8,11H2,(H,26,27)(H,24,25,28)/t13?,14-,15?/m1/s1. The average Bonchev–Trinajstić information content (AvgIpc) is 3.39. The van der Waals surface area contributed by atoms with E-state index in [4.69, 9.17) is 9.72 Å². The van der Waals surface area contributed by atoms with Gasteiger partial charge in [0.1, 0.15) is 17.2 Å². The molecule has 1 aliphatic heterocycles. The molecule has 1 atom stereocenters. The molecule has 5 rings (SSSR count). The molecule has 3 aromatic rings. The van der Waals surface area contributed by atoms with Crippen LogP contribution in [0, 0.1) is 11.6 Å². The fourth-order valence-corrected chi connectivity index (χ4v) is 4.23. The summed E-state index contributed by atoms with van der Waals surface area (Å²) in [5.74, 6) is -0.441. The molecule has 0 radical (unpaired) electrons. The van der Waals surface area contributed by atoms with E-state index in [0.717, 1.165) is 38.2 Å². The Morgan fingerprint density at radius 2 is 1.94 bits per heavy atom. The Kier molecular flexibility index (Phi) is 5.41. The molecule has 1 saturated carbocycles. The van der Waals surface area contributed by atoms with Gasteiger partial charge in [0, 0.05) is 18.7 Å². The largest absolute Gasteiger partial charge is 0.393 e. The molecule has 1 aromatic carbocycles. The summed E-state index contributed by atoms with van der Waals surface area (Å²) in [4.78, 5) is 13.7. The molecule has 1 aliphatic carbocycles. The van der Waals surface area contributed by atoms with Crippen LogP contribution in [0.1, 0.15) is 38.1 Å². The van der Waals surface area contributed by atoms with Crippen LogP contribution in [0.5, 0.6) is 0 Å². The molecular formula is C21H24F2N6O2. The Bertz CT molecular complexity index is 1080. The number of imidazole rings is 1. The monoisotopic (exact) mass is 430 g/mol. The first-order valence-corrected chi connectivity index (χ1v) is 10.6. The second-order valence-electron chi connectivity index (χ2n) is 8.12. The highest BCUT2D eigenvalue weighted by atomic mass is 19.1. The number of nitrogens with one attached hydrogen (secondary N) is 2. The second kappa shape index (κ2) is 8.35. The van der Waals surface area contributed by atoms with E-state index < -0.39 is 11.6 Å². The van der Waals surface area contributed by atoms with E-state index in [9.17, 15) is 13.9 Å². The summed E-state index contributed by atoms with van der Waals surface area (Å²) in [6, 6.07) is 3.56. The molecule has 0 unspecified atom stereocenters. The SMILES string of the molecule is OC1CCC(Nc2ncc3nc(Nc4ccc(F)cc4F)n([C@@H]4CCOC4)c3n2)CC1. The molecular weight excluding hydrogens is 406 g/mol. The van der Waals surface area contributed by atoms with Crippen LogP contribution in [0.2, 0.25) is 0 Å². The summed E-state index contributed by atoms with van der Waals surface area (Å²) < 4.78 is 35.0. The van der Waals surface area contributed by atoms with Crippen LogP contribution < -0.4 is 10.6 Å². The van der Waals surface area contributed by atoms with Gasteiger partial charge in [-0.25, -0.2) is 18.7 Å². The van der Waals surface area contributed by atoms with E-state index in [2.05, 4.69) is 20.6 Å². The third-order valence-corrected chi connectivity index (χ3v) is 5.91. The van der Waals surface area contributed by atoms with Crippen molar-refractivity contribution in [2.75, 3.05) is 23.8 Å². The van der Waals surface area contributed by atoms with Crippen molar-refractivity contribution in [3.63, 3.8) is 0 Å². The van der Waals surface area contributed by atoms with E-state index >= 15 is 0 Å². The lowest BCUT2D eigenvalue weighted by molar-refractivity contribution is 0.126. The lowest BCUT2D eigenvalue weighted by atomic mass is 9.93. The number of anilines is 3. The fraction of sp³-hybridized carbons (Fsp3) is 0.476. The number of fused-ring (bicyclic) bond motifs is 1. The average molecular weight is 430 g/mol. The minimum atomic E-state index is -0.700. The quantitative estimate of drug-likeness (QED) is 0.570. The van der Waals surface area contributed by atoms with Gasteiger partial charge < -0.3 is 20.5 Å². The van der Waals surface area contributed by atoms with Crippen LogP contribution in [0.15, 0.2) is 24.4 Å². The van der Waals surface area contributed by atoms with Crippen LogP contribution in [0.3, 0.4) is 0 Å². The predicted molar refractivity (Wildman–Crippen MR) is 111 cm³/mol. The minimum Gasteiger partial charge on any atom is -0.393 e. The molecule has 0 spiro atoms. The van der Waals surface area contributed by atoms with E-state index in [1.54, 1.807) is 6.20 Å². The Morgan fingerprint density at radius 3 is 2.68 bits per heavy atom. The molecule has 8 nitrogen and oxygen atoms in total. The Morgan fingerprint density at radius 1 is 1.10 bits per heavy atom. The summed E-state index contributed by atoms with van der Waals surface area (Å²) >= 11 is 0. The summed E-state index contributed by atoms with van der Waals surface area (Å²) in [5, 5.41) is 16.1. The first-order valence-electron chi connectivity index (χ1n) is 10.6. The first kappa shape index (κ1) is 20.1. The van der Waals surface area contributed by atoms with Crippen LogP contribution in [-0.4, -0.2) is 50.0 Å². The zero-order valence-corrected chi connectivity index (χ0v) is 16.9. The normalized spacial score (nSPS) is 23.9. The van der Waals surface area contributed by atoms with Crippen molar-refractivity contribution in [2.45, 2.75) is 50.3 Å². The summed E-state index contributed by atoms with van der Waals surface area (Å²) in [7, 11) is 0. The molecule has 1 saturated heterocycles. The van der Waals surface area contributed by atoms with Gasteiger partial charge in [-0.3, -0.25) is 4.57 Å². The van der Waals surface area contributed by atoms with Crippen molar-refractivity contribution in [1.29, 1.82) is 0 Å². The molecule has 0 amide bonds. The lowest BCUT2D eigenvalue weighted by Crippen LogP contribution is -2.29. The lowest BCUT2D eigenvalue weighted by Gasteiger charge is -2.26. The third-order valence-electron chi connectivity index (χ3n) is 5.91. The number of aliphatic hydroxyl groups excluding tert-OH is 1. The van der Waals surface area contributed by atoms with Gasteiger partial charge in [-0.2, -0.15) is 4.98 Å². The zero-order valence-electron chi connectivity index (χ0n) is 16.9. The van der Waals surface area contributed by atoms with Crippen molar-refractivity contribution < 1.29 is 18.6 Å². The predicted octanol–water partition coefficient (Wildman–Crippen LogP) is 3.52. The van der Waals surface area contributed by atoms with Crippen molar-refractivity contribution in [3.8, 4) is 0 Å². The van der Waals surface area contributed by atoms with E-state index in [1.807, 2.05) is 4.57 Å². The molecule has 3 N–H and O–H groups in total. The summed E-state index contributed by atoms with van der Waals surface area (Å²) in [5.41, 5.74) is 1.32. The molecule has 31 heavy (non-hydrogen) atoms. The summed E-state index contributed by atoms with van der Waals surface area (Å²) in [6.45, 7) is 1.12. The Labute approximate surface area is 177 Å². The number of hydrogen-bond donors (Lipinski definition) is 3. The van der Waals surface area contributed by atoms with E-state index in [1.165, 1.54) is 12.1 Å². The molecule has 3 heterocycles. The minimum absolute atomic E-state index is 0.0106. The van der Waals surface area contributed by atoms with Gasteiger partial charge >= 0.3 is 0 Å². The van der Waals surface area contributed by atoms with Gasteiger partial charge in [0.05, 0.1) is 30.6 Å². The van der Waals surface area contributed by atoms with Crippen LogP contribution in [0.25, 0.3) is 11.2 Å².